The average Bonchev–Trinajstić information content (AvgIpc) is 3.83. The molecule has 1 fully saturated rings. The lowest BCUT2D eigenvalue weighted by Crippen LogP contribution is -2.37. The van der Waals surface area contributed by atoms with Crippen LogP contribution < -0.4 is 20.6 Å². The quantitative estimate of drug-likeness (QED) is 0.0873. The molecule has 16 nitrogen and oxygen atoms in total. The van der Waals surface area contributed by atoms with Crippen LogP contribution in [0.25, 0.3) is 21.4 Å². The zero-order chi connectivity index (χ0) is 36.8. The molecule has 0 radical (unpaired) electrons. The van der Waals surface area contributed by atoms with E-state index in [2.05, 4.69) is 25.7 Å². The number of aryl methyl sites for hydroxylation is 2. The number of allylic oxidation sites excluding steroid dienone is 2. The van der Waals surface area contributed by atoms with Crippen LogP contribution in [0.15, 0.2) is 42.6 Å². The zero-order valence-corrected chi connectivity index (χ0v) is 29.4. The van der Waals surface area contributed by atoms with E-state index in [1.165, 1.54) is 24.6 Å². The number of carbonyl (C=O) groups excluding carboxylic acids is 3. The van der Waals surface area contributed by atoms with E-state index >= 15 is 0 Å². The van der Waals surface area contributed by atoms with Gasteiger partial charge < -0.3 is 24.5 Å². The molecular weight excluding hydrogens is 677 g/mol. The van der Waals surface area contributed by atoms with E-state index in [4.69, 9.17) is 26.3 Å². The molecule has 0 spiro atoms. The number of hydrogen-bond acceptors (Lipinski definition) is 12. The number of nitrogens with zero attached hydrogens (tertiary/aromatic N) is 7. The monoisotopic (exact) mass is 716 g/mol. The fourth-order valence-electron chi connectivity index (χ4n) is 5.90. The van der Waals surface area contributed by atoms with Crippen LogP contribution in [0.5, 0.6) is 5.75 Å². The minimum Gasteiger partial charge on any atom is -0.491 e. The maximum absolute atomic E-state index is 13.6. The van der Waals surface area contributed by atoms with Crippen molar-refractivity contribution in [2.45, 2.75) is 39.9 Å². The van der Waals surface area contributed by atoms with E-state index in [9.17, 15) is 14.4 Å². The highest BCUT2D eigenvalue weighted by molar-refractivity contribution is 7.16. The molecule has 51 heavy (non-hydrogen) atoms. The number of methoxy groups -OCH3 is 1. The normalized spacial score (nSPS) is 14.4. The third kappa shape index (κ3) is 7.84. The summed E-state index contributed by atoms with van der Waals surface area (Å²) in [5.74, 6) is -0.899. The number of morpholine rings is 1. The van der Waals surface area contributed by atoms with Crippen LogP contribution in [0.2, 0.25) is 1.41 Å². The van der Waals surface area contributed by atoms with E-state index in [1.54, 1.807) is 38.1 Å². The Morgan fingerprint density at radius 3 is 2.65 bits per heavy atom. The van der Waals surface area contributed by atoms with Crippen molar-refractivity contribution in [3.8, 4) is 5.75 Å². The first kappa shape index (κ1) is 34.1. The summed E-state index contributed by atoms with van der Waals surface area (Å²) in [6.07, 6.45) is 5.93. The molecule has 4 N–H and O–H groups in total. The first-order valence-electron chi connectivity index (χ1n) is 17.0. The number of anilines is 1. The number of primary amides is 1. The van der Waals surface area contributed by atoms with Gasteiger partial charge in [0, 0.05) is 51.0 Å². The molecular formula is C34H40N10O6S. The molecule has 0 aliphatic carbocycles. The van der Waals surface area contributed by atoms with Crippen LogP contribution in [-0.4, -0.2) is 98.1 Å². The second-order valence-corrected chi connectivity index (χ2v) is 12.9. The Balaban J connectivity index is 1.33. The number of amides is 2. The van der Waals surface area contributed by atoms with Crippen LogP contribution in [0, 0.1) is 12.3 Å². The van der Waals surface area contributed by atoms with Crippen molar-refractivity contribution in [2.24, 2.45) is 5.73 Å². The van der Waals surface area contributed by atoms with Gasteiger partial charge in [0.2, 0.25) is 11.9 Å². The third-order valence-electron chi connectivity index (χ3n) is 8.42. The number of thiazole rings is 1. The van der Waals surface area contributed by atoms with Gasteiger partial charge >= 0.3 is 5.97 Å². The number of aromatic nitrogens is 6. The van der Waals surface area contributed by atoms with Crippen LogP contribution in [0.4, 0.5) is 5.95 Å². The maximum Gasteiger partial charge on any atom is 0.339 e. The molecule has 1 saturated heterocycles. The second kappa shape index (κ2) is 15.7. The lowest BCUT2D eigenvalue weighted by Gasteiger charge is -2.26. The average molecular weight is 717 g/mol. The SMILES string of the molecule is [H]/N=c1/sc2cc(C(=O)OC)cnc2n1CC=CCn1c(NC(=O)c2cc(C)nn2CC)nc2cc(C(N)=O)cc(OCCCN3CCOCC3)c21. The summed E-state index contributed by atoms with van der Waals surface area (Å²) in [6, 6.07) is 6.55. The highest BCUT2D eigenvalue weighted by Crippen LogP contribution is 2.31. The lowest BCUT2D eigenvalue weighted by molar-refractivity contribution is 0.0358. The third-order valence-corrected chi connectivity index (χ3v) is 9.34. The minimum absolute atomic E-state index is 0.226. The molecule has 2 amide bonds. The lowest BCUT2D eigenvalue weighted by atomic mass is 10.1. The zero-order valence-electron chi connectivity index (χ0n) is 29.6. The van der Waals surface area contributed by atoms with Crippen molar-refractivity contribution in [1.82, 2.24) is 33.8 Å². The Hall–Kier alpha value is -5.39. The van der Waals surface area contributed by atoms with E-state index < -0.39 is 17.8 Å². The van der Waals surface area contributed by atoms with Crippen molar-refractivity contribution >= 4 is 56.4 Å². The van der Waals surface area contributed by atoms with Crippen LogP contribution in [-0.2, 0) is 29.1 Å². The van der Waals surface area contributed by atoms with Gasteiger partial charge in [-0.25, -0.2) is 14.8 Å². The van der Waals surface area contributed by atoms with Gasteiger partial charge in [-0.05, 0) is 44.5 Å². The minimum atomic E-state index is -0.634. The highest BCUT2D eigenvalue weighted by Gasteiger charge is 2.22. The molecule has 0 bridgehead atoms. The first-order valence-corrected chi connectivity index (χ1v) is 17.4. The highest BCUT2D eigenvalue weighted by atomic mass is 32.1. The second-order valence-electron chi connectivity index (χ2n) is 11.9. The number of hydrogen-bond donors (Lipinski definition) is 3. The molecule has 4 aromatic heterocycles. The number of pyridine rings is 1. The van der Waals surface area contributed by atoms with Crippen molar-refractivity contribution in [2.75, 3.05) is 51.9 Å². The fraction of sp³-hybridized carbons (Fsp3) is 0.382. The van der Waals surface area contributed by atoms with E-state index in [0.717, 1.165) is 26.1 Å². The molecule has 0 atom stereocenters. The number of esters is 1. The Kier molecular flexibility index (Phi) is 10.5. The van der Waals surface area contributed by atoms with E-state index in [0.29, 0.717) is 81.8 Å². The Morgan fingerprint density at radius 1 is 1.14 bits per heavy atom. The summed E-state index contributed by atoms with van der Waals surface area (Å²) in [4.78, 5) is 49.9. The topological polar surface area (TPSA) is 197 Å². The van der Waals surface area contributed by atoms with Crippen molar-refractivity contribution in [3.63, 3.8) is 0 Å². The number of nitrogens with one attached hydrogen (secondary N) is 2. The summed E-state index contributed by atoms with van der Waals surface area (Å²) < 4.78 is 30.2. The van der Waals surface area contributed by atoms with E-state index in [-0.39, 0.29) is 18.1 Å². The van der Waals surface area contributed by atoms with Gasteiger partial charge in [0.15, 0.2) is 11.9 Å². The predicted molar refractivity (Wildman–Crippen MR) is 190 cm³/mol. The van der Waals surface area contributed by atoms with Crippen molar-refractivity contribution in [1.29, 1.82) is 5.40 Å². The van der Waals surface area contributed by atoms with Crippen molar-refractivity contribution < 1.29 is 30.0 Å². The smallest absolute Gasteiger partial charge is 0.339 e. The van der Waals surface area contributed by atoms with Gasteiger partial charge in [0.1, 0.15) is 17.0 Å². The largest absolute Gasteiger partial charge is 0.491 e. The molecule has 6 rings (SSSR count). The van der Waals surface area contributed by atoms with Crippen LogP contribution >= 0.6 is 11.3 Å². The van der Waals surface area contributed by atoms with Crippen LogP contribution in [0.1, 0.15) is 50.2 Å². The summed E-state index contributed by atoms with van der Waals surface area (Å²) in [5.41, 5.74) is 8.87. The Labute approximate surface area is 298 Å². The van der Waals surface area contributed by atoms with Crippen molar-refractivity contribution in [3.05, 3.63) is 69.9 Å². The fourth-order valence-corrected chi connectivity index (χ4v) is 6.81. The molecule has 17 heteroatoms. The van der Waals surface area contributed by atoms with Crippen LogP contribution in [0.3, 0.4) is 0 Å². The molecule has 1 aromatic carbocycles. The molecule has 1 aliphatic heterocycles. The van der Waals surface area contributed by atoms with Gasteiger partial charge in [-0.1, -0.05) is 23.5 Å². The first-order chi connectivity index (χ1) is 25.2. The predicted octanol–water partition coefficient (Wildman–Crippen LogP) is 2.95. The van der Waals surface area contributed by atoms with Gasteiger partial charge in [-0.15, -0.1) is 0 Å². The van der Waals surface area contributed by atoms with Gasteiger partial charge in [0.05, 0.1) is 48.4 Å². The number of carbonyl (C=O) groups is 3. The molecule has 5 heterocycles. The summed E-state index contributed by atoms with van der Waals surface area (Å²) in [5, 5.41) is 11.0. The molecule has 0 unspecified atom stereocenters. The van der Waals surface area contributed by atoms with Gasteiger partial charge in [-0.3, -0.25) is 34.5 Å². The van der Waals surface area contributed by atoms with Gasteiger partial charge in [-0.2, -0.15) is 5.10 Å². The Morgan fingerprint density at radius 2 is 1.92 bits per heavy atom. The number of benzene rings is 1. The number of rotatable bonds is 14. The summed E-state index contributed by atoms with van der Waals surface area (Å²) >= 11 is 1.23. The molecule has 0 saturated carbocycles. The summed E-state index contributed by atoms with van der Waals surface area (Å²) in [6.45, 7) is 9.11. The maximum atomic E-state index is 13.6. The molecule has 268 valence electrons. The molecule has 5 aromatic rings. The number of fused-ring (bicyclic) bond motifs is 2. The van der Waals surface area contributed by atoms with Gasteiger partial charge in [0.25, 0.3) is 5.91 Å². The summed E-state index contributed by atoms with van der Waals surface area (Å²) in [7, 11) is 1.30. The molecule has 1 aliphatic rings. The number of ether oxygens (including phenoxy) is 3. The number of imidazole rings is 1. The Bertz CT molecular complexity index is 2210. The van der Waals surface area contributed by atoms with E-state index in [1.807, 2.05) is 26.0 Å². The standard InChI is InChI=1S/C34H40N10O6S/c1-4-44-25(16-21(2)40-44)31(46)39-34-38-24-17-22(29(35)45)18-26(50-13-7-8-41-11-14-49-15-12-41)28(24)42(34)9-5-6-10-43-30-27(51-33(43)36)19-23(20-37-30)32(47)48-3/h5-6,16-20,36H,4,7-15H2,1-3H3,(H2,35,45)(H,38,39,46)/b6-5?,36-33+. The number of nitrogens with two attached hydrogens (primary N) is 1.